The van der Waals surface area contributed by atoms with Gasteiger partial charge >= 0.3 is 0 Å². The lowest BCUT2D eigenvalue weighted by atomic mass is 10.3. The summed E-state index contributed by atoms with van der Waals surface area (Å²) >= 11 is 8.02. The molecule has 2 aromatic rings. The van der Waals surface area contributed by atoms with E-state index in [1.807, 2.05) is 36.0 Å². The SMILES string of the molecule is CCc1nn(C)c(CSc2cccc(N)c2)c1Cl. The van der Waals surface area contributed by atoms with Crippen molar-refractivity contribution in [2.75, 3.05) is 5.73 Å². The molecule has 0 aliphatic rings. The van der Waals surface area contributed by atoms with Crippen molar-refractivity contribution < 1.29 is 0 Å². The number of thioether (sulfide) groups is 1. The van der Waals surface area contributed by atoms with Gasteiger partial charge in [0.25, 0.3) is 0 Å². The molecule has 0 aliphatic carbocycles. The van der Waals surface area contributed by atoms with Gasteiger partial charge in [-0.05, 0) is 24.6 Å². The summed E-state index contributed by atoms with van der Waals surface area (Å²) in [6.07, 6.45) is 0.857. The summed E-state index contributed by atoms with van der Waals surface area (Å²) in [4.78, 5) is 1.14. The number of hydrogen-bond donors (Lipinski definition) is 1. The molecule has 1 aromatic heterocycles. The van der Waals surface area contributed by atoms with E-state index in [4.69, 9.17) is 17.3 Å². The van der Waals surface area contributed by atoms with Gasteiger partial charge in [-0.3, -0.25) is 4.68 Å². The molecule has 0 unspecified atom stereocenters. The van der Waals surface area contributed by atoms with Crippen molar-refractivity contribution >= 4 is 29.1 Å². The Morgan fingerprint density at radius 1 is 1.44 bits per heavy atom. The van der Waals surface area contributed by atoms with Gasteiger partial charge in [-0.25, -0.2) is 0 Å². The number of nitrogens with two attached hydrogens (primary N) is 1. The number of benzene rings is 1. The standard InChI is InChI=1S/C13H16ClN3S/c1-3-11-13(14)12(17(2)16-11)8-18-10-6-4-5-9(15)7-10/h4-7H,3,8,15H2,1-2H3. The highest BCUT2D eigenvalue weighted by Crippen LogP contribution is 2.29. The van der Waals surface area contributed by atoms with Crippen molar-refractivity contribution in [1.82, 2.24) is 9.78 Å². The van der Waals surface area contributed by atoms with Gasteiger partial charge in [0.15, 0.2) is 0 Å². The van der Waals surface area contributed by atoms with Crippen molar-refractivity contribution in [2.45, 2.75) is 24.0 Å². The van der Waals surface area contributed by atoms with Crippen LogP contribution in [0, 0.1) is 0 Å². The third-order valence-electron chi connectivity index (χ3n) is 2.74. The van der Waals surface area contributed by atoms with Gasteiger partial charge < -0.3 is 5.73 Å². The summed E-state index contributed by atoms with van der Waals surface area (Å²) in [5, 5.41) is 5.19. The van der Waals surface area contributed by atoms with Crippen LogP contribution in [0.1, 0.15) is 18.3 Å². The van der Waals surface area contributed by atoms with Gasteiger partial charge in [0.2, 0.25) is 0 Å². The molecule has 0 fully saturated rings. The highest BCUT2D eigenvalue weighted by molar-refractivity contribution is 7.98. The maximum atomic E-state index is 6.31. The lowest BCUT2D eigenvalue weighted by Gasteiger charge is -2.04. The Morgan fingerprint density at radius 2 is 2.22 bits per heavy atom. The zero-order valence-electron chi connectivity index (χ0n) is 10.5. The molecular weight excluding hydrogens is 266 g/mol. The number of halogens is 1. The van der Waals surface area contributed by atoms with Crippen LogP contribution in [0.15, 0.2) is 29.2 Å². The summed E-state index contributed by atoms with van der Waals surface area (Å²) in [6, 6.07) is 7.86. The van der Waals surface area contributed by atoms with Crippen molar-refractivity contribution in [1.29, 1.82) is 0 Å². The number of nitrogens with zero attached hydrogens (tertiary/aromatic N) is 2. The smallest absolute Gasteiger partial charge is 0.0858 e. The molecule has 18 heavy (non-hydrogen) atoms. The molecule has 1 aromatic carbocycles. The van der Waals surface area contributed by atoms with Crippen molar-refractivity contribution in [3.05, 3.63) is 40.7 Å². The topological polar surface area (TPSA) is 43.8 Å². The lowest BCUT2D eigenvalue weighted by molar-refractivity contribution is 0.720. The Kier molecular flexibility index (Phi) is 4.19. The molecule has 0 aliphatic heterocycles. The number of nitrogen functional groups attached to an aromatic ring is 1. The first-order chi connectivity index (χ1) is 8.61. The van der Waals surface area contributed by atoms with Crippen LogP contribution in [0.4, 0.5) is 5.69 Å². The lowest BCUT2D eigenvalue weighted by Crippen LogP contribution is -1.97. The van der Waals surface area contributed by atoms with Crippen molar-refractivity contribution in [2.24, 2.45) is 7.05 Å². The molecule has 96 valence electrons. The Morgan fingerprint density at radius 3 is 2.83 bits per heavy atom. The second-order valence-corrected chi connectivity index (χ2v) is 5.47. The second-order valence-electron chi connectivity index (χ2n) is 4.05. The molecule has 2 N–H and O–H groups in total. The van der Waals surface area contributed by atoms with E-state index < -0.39 is 0 Å². The van der Waals surface area contributed by atoms with Gasteiger partial charge in [0.1, 0.15) is 0 Å². The van der Waals surface area contributed by atoms with Crippen LogP contribution >= 0.6 is 23.4 Å². The Balaban J connectivity index is 2.13. The van der Waals surface area contributed by atoms with Crippen LogP contribution in [0.5, 0.6) is 0 Å². The predicted octanol–water partition coefficient (Wildman–Crippen LogP) is 3.51. The maximum absolute atomic E-state index is 6.31. The molecule has 2 rings (SSSR count). The highest BCUT2D eigenvalue weighted by Gasteiger charge is 2.12. The van der Waals surface area contributed by atoms with Gasteiger partial charge in [0, 0.05) is 23.4 Å². The van der Waals surface area contributed by atoms with E-state index in [0.29, 0.717) is 0 Å². The molecule has 0 amide bonds. The average molecular weight is 282 g/mol. The van der Waals surface area contributed by atoms with E-state index >= 15 is 0 Å². The van der Waals surface area contributed by atoms with Crippen LogP contribution in [0.2, 0.25) is 5.02 Å². The van der Waals surface area contributed by atoms with E-state index in [9.17, 15) is 0 Å². The first-order valence-corrected chi connectivity index (χ1v) is 7.16. The van der Waals surface area contributed by atoms with Gasteiger partial charge in [-0.2, -0.15) is 5.10 Å². The molecule has 0 saturated carbocycles. The summed E-state index contributed by atoms with van der Waals surface area (Å²) in [6.45, 7) is 2.06. The van der Waals surface area contributed by atoms with Gasteiger partial charge in [0.05, 0.1) is 16.4 Å². The fraction of sp³-hybridized carbons (Fsp3) is 0.308. The Hall–Kier alpha value is -1.13. The third kappa shape index (κ3) is 2.82. The van der Waals surface area contributed by atoms with Gasteiger partial charge in [-0.1, -0.05) is 24.6 Å². The zero-order chi connectivity index (χ0) is 13.1. The summed E-state index contributed by atoms with van der Waals surface area (Å²) < 4.78 is 1.86. The number of aryl methyl sites for hydroxylation is 2. The highest BCUT2D eigenvalue weighted by atomic mass is 35.5. The Bertz CT molecular complexity index is 551. The minimum absolute atomic E-state index is 0.783. The van der Waals surface area contributed by atoms with E-state index in [1.165, 1.54) is 0 Å². The van der Waals surface area contributed by atoms with E-state index in [-0.39, 0.29) is 0 Å². The fourth-order valence-electron chi connectivity index (χ4n) is 1.73. The number of rotatable bonds is 4. The second kappa shape index (κ2) is 5.67. The molecule has 0 spiro atoms. The van der Waals surface area contributed by atoms with Gasteiger partial charge in [-0.15, -0.1) is 11.8 Å². The summed E-state index contributed by atoms with van der Waals surface area (Å²) in [5.74, 6) is 0.797. The number of anilines is 1. The van der Waals surface area contributed by atoms with Crippen LogP contribution < -0.4 is 5.73 Å². The van der Waals surface area contributed by atoms with Crippen LogP contribution in [-0.2, 0) is 19.2 Å². The summed E-state index contributed by atoms with van der Waals surface area (Å²) in [5.41, 5.74) is 8.56. The van der Waals surface area contributed by atoms with Crippen molar-refractivity contribution in [3.8, 4) is 0 Å². The normalized spacial score (nSPS) is 10.8. The largest absolute Gasteiger partial charge is 0.399 e. The minimum Gasteiger partial charge on any atom is -0.399 e. The quantitative estimate of drug-likeness (QED) is 0.689. The first-order valence-electron chi connectivity index (χ1n) is 5.80. The maximum Gasteiger partial charge on any atom is 0.0858 e. The number of aromatic nitrogens is 2. The van der Waals surface area contributed by atoms with Crippen LogP contribution in [-0.4, -0.2) is 9.78 Å². The zero-order valence-corrected chi connectivity index (χ0v) is 12.1. The average Bonchev–Trinajstić information content (AvgIpc) is 2.62. The molecule has 0 atom stereocenters. The molecule has 0 bridgehead atoms. The molecule has 5 heteroatoms. The molecule has 1 heterocycles. The van der Waals surface area contributed by atoms with Crippen LogP contribution in [0.25, 0.3) is 0 Å². The summed E-state index contributed by atoms with van der Waals surface area (Å²) in [7, 11) is 1.93. The number of hydrogen-bond acceptors (Lipinski definition) is 3. The predicted molar refractivity (Wildman–Crippen MR) is 78.0 cm³/mol. The molecule has 0 saturated heterocycles. The minimum atomic E-state index is 0.783. The van der Waals surface area contributed by atoms with E-state index in [1.54, 1.807) is 11.8 Å². The van der Waals surface area contributed by atoms with E-state index in [0.717, 1.165) is 39.2 Å². The first kappa shape index (κ1) is 13.3. The van der Waals surface area contributed by atoms with Crippen molar-refractivity contribution in [3.63, 3.8) is 0 Å². The molecular formula is C13H16ClN3S. The fourth-order valence-corrected chi connectivity index (χ4v) is 3.20. The monoisotopic (exact) mass is 281 g/mol. The third-order valence-corrected chi connectivity index (χ3v) is 4.18. The van der Waals surface area contributed by atoms with Crippen LogP contribution in [0.3, 0.4) is 0 Å². The Labute approximate surface area is 116 Å². The van der Waals surface area contributed by atoms with E-state index in [2.05, 4.69) is 12.0 Å². The molecule has 3 nitrogen and oxygen atoms in total. The molecule has 0 radical (unpaired) electrons.